The van der Waals surface area contributed by atoms with Crippen molar-refractivity contribution < 1.29 is 17.9 Å². The highest BCUT2D eigenvalue weighted by molar-refractivity contribution is 7.92. The van der Waals surface area contributed by atoms with E-state index in [0.29, 0.717) is 25.3 Å². The molecule has 1 N–H and O–H groups in total. The molecule has 0 bridgehead atoms. The molecule has 0 fully saturated rings. The zero-order chi connectivity index (χ0) is 17.5. The van der Waals surface area contributed by atoms with Crippen LogP contribution in [0.1, 0.15) is 24.0 Å². The van der Waals surface area contributed by atoms with Crippen LogP contribution in [-0.4, -0.2) is 47.4 Å². The van der Waals surface area contributed by atoms with Crippen molar-refractivity contribution >= 4 is 21.6 Å². The summed E-state index contributed by atoms with van der Waals surface area (Å²) < 4.78 is 30.3. The van der Waals surface area contributed by atoms with E-state index < -0.39 is 10.0 Å². The van der Waals surface area contributed by atoms with Gasteiger partial charge in [0.15, 0.2) is 0 Å². The Morgan fingerprint density at radius 1 is 1.22 bits per heavy atom. The van der Waals surface area contributed by atoms with Crippen LogP contribution in [0.15, 0.2) is 18.2 Å². The number of hydrogen-bond donors (Lipinski definition) is 1. The van der Waals surface area contributed by atoms with Crippen LogP contribution in [0.4, 0.5) is 5.69 Å². The van der Waals surface area contributed by atoms with Gasteiger partial charge in [-0.05, 0) is 43.5 Å². The third kappa shape index (κ3) is 7.00. The molecule has 1 amide bonds. The SMILES string of the molecule is COCCNC(=O)CCCN(c1cc(C)cc(C)c1)S(C)(=O)=O. The minimum absolute atomic E-state index is 0.101. The zero-order valence-corrected chi connectivity index (χ0v) is 15.1. The zero-order valence-electron chi connectivity index (χ0n) is 14.3. The number of anilines is 1. The molecule has 0 heterocycles. The van der Waals surface area contributed by atoms with Gasteiger partial charge in [-0.3, -0.25) is 9.10 Å². The van der Waals surface area contributed by atoms with Crippen molar-refractivity contribution in [1.29, 1.82) is 0 Å². The summed E-state index contributed by atoms with van der Waals surface area (Å²) in [5, 5.41) is 2.72. The van der Waals surface area contributed by atoms with E-state index in [4.69, 9.17) is 4.74 Å². The number of hydrogen-bond acceptors (Lipinski definition) is 4. The standard InChI is InChI=1S/C16H26N2O4S/c1-13-10-14(2)12-15(11-13)18(23(4,20)21)8-5-6-16(19)17-7-9-22-3/h10-12H,5-9H2,1-4H3,(H,17,19). The summed E-state index contributed by atoms with van der Waals surface area (Å²) >= 11 is 0. The van der Waals surface area contributed by atoms with E-state index in [-0.39, 0.29) is 18.9 Å². The van der Waals surface area contributed by atoms with Gasteiger partial charge >= 0.3 is 0 Å². The van der Waals surface area contributed by atoms with Crippen molar-refractivity contribution in [2.75, 3.05) is 37.4 Å². The summed E-state index contributed by atoms with van der Waals surface area (Å²) in [6.45, 7) is 5.06. The first kappa shape index (κ1) is 19.4. The van der Waals surface area contributed by atoms with Gasteiger partial charge in [-0.15, -0.1) is 0 Å². The highest BCUT2D eigenvalue weighted by atomic mass is 32.2. The van der Waals surface area contributed by atoms with Gasteiger partial charge in [-0.25, -0.2) is 8.42 Å². The van der Waals surface area contributed by atoms with E-state index in [2.05, 4.69) is 5.32 Å². The Hall–Kier alpha value is -1.60. The van der Waals surface area contributed by atoms with Crippen LogP contribution in [0, 0.1) is 13.8 Å². The predicted molar refractivity (Wildman–Crippen MR) is 92.2 cm³/mol. The predicted octanol–water partition coefficient (Wildman–Crippen LogP) is 1.61. The molecule has 6 nitrogen and oxygen atoms in total. The number of nitrogens with one attached hydrogen (secondary N) is 1. The summed E-state index contributed by atoms with van der Waals surface area (Å²) in [7, 11) is -1.82. The smallest absolute Gasteiger partial charge is 0.232 e. The molecule has 1 rings (SSSR count). The third-order valence-corrected chi connectivity index (χ3v) is 4.48. The van der Waals surface area contributed by atoms with Crippen LogP contribution in [0.2, 0.25) is 0 Å². The van der Waals surface area contributed by atoms with Crippen LogP contribution in [0.5, 0.6) is 0 Å². The number of aryl methyl sites for hydroxylation is 2. The first-order chi connectivity index (χ1) is 10.7. The topological polar surface area (TPSA) is 75.7 Å². The number of ether oxygens (including phenoxy) is 1. The van der Waals surface area contributed by atoms with Crippen molar-refractivity contribution in [2.45, 2.75) is 26.7 Å². The lowest BCUT2D eigenvalue weighted by Crippen LogP contribution is -2.32. The summed E-state index contributed by atoms with van der Waals surface area (Å²) in [6.07, 6.45) is 1.92. The molecule has 0 aliphatic rings. The molecule has 1 aromatic rings. The van der Waals surface area contributed by atoms with Gasteiger partial charge < -0.3 is 10.1 Å². The number of amides is 1. The van der Waals surface area contributed by atoms with Crippen LogP contribution in [0.3, 0.4) is 0 Å². The second-order valence-electron chi connectivity index (χ2n) is 5.63. The normalized spacial score (nSPS) is 11.3. The number of carbonyl (C=O) groups is 1. The van der Waals surface area contributed by atoms with Crippen molar-refractivity contribution in [3.63, 3.8) is 0 Å². The van der Waals surface area contributed by atoms with Crippen LogP contribution >= 0.6 is 0 Å². The largest absolute Gasteiger partial charge is 0.383 e. The van der Waals surface area contributed by atoms with E-state index in [0.717, 1.165) is 11.1 Å². The molecule has 0 saturated heterocycles. The summed E-state index contributed by atoms with van der Waals surface area (Å²) in [6, 6.07) is 5.67. The van der Waals surface area contributed by atoms with Gasteiger partial charge in [-0.2, -0.15) is 0 Å². The number of benzene rings is 1. The maximum atomic E-state index is 12.0. The fraction of sp³-hybridized carbons (Fsp3) is 0.562. The maximum Gasteiger partial charge on any atom is 0.232 e. The second kappa shape index (κ2) is 8.88. The summed E-state index contributed by atoms with van der Waals surface area (Å²) in [5.41, 5.74) is 2.65. The second-order valence-corrected chi connectivity index (χ2v) is 7.53. The fourth-order valence-electron chi connectivity index (χ4n) is 2.35. The highest BCUT2D eigenvalue weighted by Crippen LogP contribution is 2.21. The quantitative estimate of drug-likeness (QED) is 0.692. The Labute approximate surface area is 138 Å². The first-order valence-electron chi connectivity index (χ1n) is 7.55. The molecule has 1 aromatic carbocycles. The number of rotatable bonds is 9. The number of carbonyl (C=O) groups excluding carboxylic acids is 1. The average Bonchev–Trinajstić information content (AvgIpc) is 2.41. The lowest BCUT2D eigenvalue weighted by molar-refractivity contribution is -0.121. The van der Waals surface area contributed by atoms with Crippen molar-refractivity contribution in [3.8, 4) is 0 Å². The molecule has 0 spiro atoms. The lowest BCUT2D eigenvalue weighted by atomic mass is 10.1. The summed E-state index contributed by atoms with van der Waals surface area (Å²) in [4.78, 5) is 11.7. The molecular formula is C16H26N2O4S. The number of nitrogens with zero attached hydrogens (tertiary/aromatic N) is 1. The Bertz CT molecular complexity index is 609. The lowest BCUT2D eigenvalue weighted by Gasteiger charge is -2.23. The van der Waals surface area contributed by atoms with Gasteiger partial charge in [-0.1, -0.05) is 6.07 Å². The van der Waals surface area contributed by atoms with E-state index in [1.165, 1.54) is 10.6 Å². The van der Waals surface area contributed by atoms with Crippen molar-refractivity contribution in [2.24, 2.45) is 0 Å². The number of methoxy groups -OCH3 is 1. The Morgan fingerprint density at radius 2 is 1.83 bits per heavy atom. The molecule has 0 atom stereocenters. The van der Waals surface area contributed by atoms with Gasteiger partial charge in [0.2, 0.25) is 15.9 Å². The van der Waals surface area contributed by atoms with Gasteiger partial charge in [0.25, 0.3) is 0 Å². The van der Waals surface area contributed by atoms with Gasteiger partial charge in [0, 0.05) is 26.6 Å². The van der Waals surface area contributed by atoms with Crippen LogP contribution in [0.25, 0.3) is 0 Å². The van der Waals surface area contributed by atoms with Crippen molar-refractivity contribution in [1.82, 2.24) is 5.32 Å². The van der Waals surface area contributed by atoms with E-state index >= 15 is 0 Å². The molecule has 7 heteroatoms. The molecule has 0 radical (unpaired) electrons. The number of sulfonamides is 1. The molecule has 23 heavy (non-hydrogen) atoms. The Kier molecular flexibility index (Phi) is 7.51. The van der Waals surface area contributed by atoms with Crippen LogP contribution < -0.4 is 9.62 Å². The molecule has 0 aromatic heterocycles. The molecular weight excluding hydrogens is 316 g/mol. The van der Waals surface area contributed by atoms with Gasteiger partial charge in [0.1, 0.15) is 0 Å². The molecule has 0 aliphatic heterocycles. The van der Waals surface area contributed by atoms with Crippen LogP contribution in [-0.2, 0) is 19.6 Å². The molecule has 0 aliphatic carbocycles. The molecule has 0 saturated carbocycles. The van der Waals surface area contributed by atoms with E-state index in [9.17, 15) is 13.2 Å². The summed E-state index contributed by atoms with van der Waals surface area (Å²) in [5.74, 6) is -0.101. The Balaban J connectivity index is 2.69. The highest BCUT2D eigenvalue weighted by Gasteiger charge is 2.18. The van der Waals surface area contributed by atoms with Gasteiger partial charge in [0.05, 0.1) is 18.6 Å². The third-order valence-electron chi connectivity index (χ3n) is 3.29. The minimum atomic E-state index is -3.39. The maximum absolute atomic E-state index is 12.0. The van der Waals surface area contributed by atoms with Crippen molar-refractivity contribution in [3.05, 3.63) is 29.3 Å². The fourth-order valence-corrected chi connectivity index (χ4v) is 3.29. The molecule has 130 valence electrons. The average molecular weight is 342 g/mol. The molecule has 0 unspecified atom stereocenters. The monoisotopic (exact) mass is 342 g/mol. The minimum Gasteiger partial charge on any atom is -0.383 e. The van der Waals surface area contributed by atoms with E-state index in [1.807, 2.05) is 32.0 Å². The van der Waals surface area contributed by atoms with E-state index in [1.54, 1.807) is 7.11 Å². The first-order valence-corrected chi connectivity index (χ1v) is 9.40. The Morgan fingerprint density at radius 3 is 2.35 bits per heavy atom.